The standard InChI is InChI=1S/C22H26F3N3O4S/c1-5-15(3)32-21-17(7-10-19(27-21)22(23,24)25)8-11-20(29)26-13-16-6-9-18(14(2)12-16)28-33(4,30)31/h6-12,15,28H,5,13H2,1-4H3,(H,26,29)/b11-8+. The van der Waals surface area contributed by atoms with Crippen LogP contribution in [0.2, 0.25) is 0 Å². The number of alkyl halides is 3. The molecule has 0 saturated carbocycles. The van der Waals surface area contributed by atoms with E-state index in [1.54, 1.807) is 32.0 Å². The summed E-state index contributed by atoms with van der Waals surface area (Å²) in [4.78, 5) is 15.8. The number of carbonyl (C=O) groups excluding carboxylic acids is 1. The number of aromatic nitrogens is 1. The topological polar surface area (TPSA) is 97.4 Å². The number of rotatable bonds is 9. The monoisotopic (exact) mass is 485 g/mol. The number of pyridine rings is 1. The van der Waals surface area contributed by atoms with Gasteiger partial charge in [-0.2, -0.15) is 13.2 Å². The molecule has 11 heteroatoms. The van der Waals surface area contributed by atoms with Crippen molar-refractivity contribution < 1.29 is 31.1 Å². The Hall–Kier alpha value is -3.08. The van der Waals surface area contributed by atoms with Gasteiger partial charge in [-0.15, -0.1) is 0 Å². The lowest BCUT2D eigenvalue weighted by Gasteiger charge is -2.15. The molecule has 0 aliphatic rings. The van der Waals surface area contributed by atoms with E-state index in [4.69, 9.17) is 4.74 Å². The fraction of sp³-hybridized carbons (Fsp3) is 0.364. The van der Waals surface area contributed by atoms with Crippen molar-refractivity contribution in [2.75, 3.05) is 11.0 Å². The highest BCUT2D eigenvalue weighted by molar-refractivity contribution is 7.92. The molecule has 0 aliphatic heterocycles. The number of carbonyl (C=O) groups is 1. The van der Waals surface area contributed by atoms with Gasteiger partial charge in [-0.05, 0) is 55.7 Å². The quantitative estimate of drug-likeness (QED) is 0.517. The van der Waals surface area contributed by atoms with Crippen molar-refractivity contribution in [1.29, 1.82) is 0 Å². The van der Waals surface area contributed by atoms with E-state index < -0.39 is 27.8 Å². The van der Waals surface area contributed by atoms with Crippen molar-refractivity contribution in [2.24, 2.45) is 0 Å². The second-order valence-corrected chi connectivity index (χ2v) is 9.25. The lowest BCUT2D eigenvalue weighted by atomic mass is 10.1. The molecule has 1 heterocycles. The third-order valence-corrected chi connectivity index (χ3v) is 5.13. The van der Waals surface area contributed by atoms with Crippen LogP contribution in [0.1, 0.15) is 42.7 Å². The third-order valence-electron chi connectivity index (χ3n) is 4.54. The van der Waals surface area contributed by atoms with Gasteiger partial charge in [0.25, 0.3) is 0 Å². The number of benzene rings is 1. The summed E-state index contributed by atoms with van der Waals surface area (Å²) >= 11 is 0. The minimum atomic E-state index is -4.61. The number of anilines is 1. The predicted octanol–water partition coefficient (Wildman–Crippen LogP) is 4.29. The number of sulfonamides is 1. The van der Waals surface area contributed by atoms with Gasteiger partial charge in [-0.1, -0.05) is 19.1 Å². The highest BCUT2D eigenvalue weighted by atomic mass is 32.2. The summed E-state index contributed by atoms with van der Waals surface area (Å²) in [7, 11) is -3.40. The Kier molecular flexibility index (Phi) is 8.48. The SMILES string of the molecule is CCC(C)Oc1nc(C(F)(F)F)ccc1/C=C/C(=O)NCc1ccc(NS(C)(=O)=O)c(C)c1. The van der Waals surface area contributed by atoms with Crippen molar-refractivity contribution >= 4 is 27.7 Å². The van der Waals surface area contributed by atoms with Crippen LogP contribution in [0.15, 0.2) is 36.4 Å². The Morgan fingerprint density at radius 1 is 1.24 bits per heavy atom. The van der Waals surface area contributed by atoms with Gasteiger partial charge in [0, 0.05) is 18.2 Å². The first-order valence-electron chi connectivity index (χ1n) is 10.1. The molecule has 2 aromatic rings. The van der Waals surface area contributed by atoms with E-state index >= 15 is 0 Å². The average molecular weight is 486 g/mol. The van der Waals surface area contributed by atoms with Crippen molar-refractivity contribution in [3.63, 3.8) is 0 Å². The van der Waals surface area contributed by atoms with E-state index in [2.05, 4.69) is 15.0 Å². The fourth-order valence-corrected chi connectivity index (χ4v) is 3.30. The fourth-order valence-electron chi connectivity index (χ4n) is 2.67. The first-order valence-corrected chi connectivity index (χ1v) is 12.0. The van der Waals surface area contributed by atoms with Crippen LogP contribution in [-0.4, -0.2) is 31.7 Å². The Morgan fingerprint density at radius 2 is 1.94 bits per heavy atom. The zero-order valence-corrected chi connectivity index (χ0v) is 19.5. The van der Waals surface area contributed by atoms with E-state index in [1.807, 2.05) is 6.92 Å². The third kappa shape index (κ3) is 8.41. The summed E-state index contributed by atoms with van der Waals surface area (Å²) in [5.41, 5.74) is 1.03. The predicted molar refractivity (Wildman–Crippen MR) is 120 cm³/mol. The number of hydrogen-bond acceptors (Lipinski definition) is 5. The minimum absolute atomic E-state index is 0.171. The molecule has 2 rings (SSSR count). The van der Waals surface area contributed by atoms with Gasteiger partial charge in [0.05, 0.1) is 18.0 Å². The average Bonchev–Trinajstić information content (AvgIpc) is 2.71. The molecule has 0 spiro atoms. The molecule has 0 saturated heterocycles. The summed E-state index contributed by atoms with van der Waals surface area (Å²) < 4.78 is 69.6. The molecule has 1 aromatic heterocycles. The summed E-state index contributed by atoms with van der Waals surface area (Å²) in [5, 5.41) is 2.67. The molecular weight excluding hydrogens is 459 g/mol. The summed E-state index contributed by atoms with van der Waals surface area (Å²) in [5.74, 6) is -0.673. The Balaban J connectivity index is 2.10. The molecule has 1 atom stereocenters. The normalized spacial score (nSPS) is 13.1. The largest absolute Gasteiger partial charge is 0.474 e. The van der Waals surface area contributed by atoms with Crippen molar-refractivity contribution in [3.8, 4) is 5.88 Å². The van der Waals surface area contributed by atoms with Crippen LogP contribution in [0.4, 0.5) is 18.9 Å². The van der Waals surface area contributed by atoms with E-state index in [1.165, 1.54) is 18.2 Å². The molecule has 0 fully saturated rings. The van der Waals surface area contributed by atoms with E-state index in [0.717, 1.165) is 17.9 Å². The molecule has 0 radical (unpaired) electrons. The minimum Gasteiger partial charge on any atom is -0.474 e. The molecule has 1 aromatic carbocycles. The van der Waals surface area contributed by atoms with E-state index in [0.29, 0.717) is 17.7 Å². The number of nitrogens with one attached hydrogen (secondary N) is 2. The van der Waals surface area contributed by atoms with Crippen LogP contribution in [0.3, 0.4) is 0 Å². The van der Waals surface area contributed by atoms with Gasteiger partial charge in [0.15, 0.2) is 0 Å². The lowest BCUT2D eigenvalue weighted by molar-refractivity contribution is -0.141. The molecule has 0 aliphatic carbocycles. The molecule has 0 bridgehead atoms. The molecule has 33 heavy (non-hydrogen) atoms. The van der Waals surface area contributed by atoms with Crippen molar-refractivity contribution in [1.82, 2.24) is 10.3 Å². The Labute approximate surface area is 191 Å². The van der Waals surface area contributed by atoms with Crippen molar-refractivity contribution in [3.05, 3.63) is 58.8 Å². The number of ether oxygens (including phenoxy) is 1. The van der Waals surface area contributed by atoms with Gasteiger partial charge in [0.1, 0.15) is 5.69 Å². The number of halogens is 3. The molecule has 1 unspecified atom stereocenters. The van der Waals surface area contributed by atoms with Crippen LogP contribution in [-0.2, 0) is 27.5 Å². The first-order chi connectivity index (χ1) is 15.3. The molecule has 180 valence electrons. The summed E-state index contributed by atoms with van der Waals surface area (Å²) in [6.45, 7) is 5.44. The van der Waals surface area contributed by atoms with Gasteiger partial charge in [0.2, 0.25) is 21.8 Å². The molecule has 1 amide bonds. The van der Waals surface area contributed by atoms with Gasteiger partial charge >= 0.3 is 6.18 Å². The maximum atomic E-state index is 13.0. The van der Waals surface area contributed by atoms with Gasteiger partial charge in [-0.25, -0.2) is 13.4 Å². The van der Waals surface area contributed by atoms with Crippen LogP contribution in [0.25, 0.3) is 6.08 Å². The maximum absolute atomic E-state index is 13.0. The Morgan fingerprint density at radius 3 is 2.52 bits per heavy atom. The number of aryl methyl sites for hydroxylation is 1. The molecule has 2 N–H and O–H groups in total. The van der Waals surface area contributed by atoms with Gasteiger partial charge < -0.3 is 10.1 Å². The second kappa shape index (κ2) is 10.7. The van der Waals surface area contributed by atoms with E-state index in [-0.39, 0.29) is 24.1 Å². The maximum Gasteiger partial charge on any atom is 0.433 e. The van der Waals surface area contributed by atoms with Crippen LogP contribution in [0, 0.1) is 6.92 Å². The number of amides is 1. The lowest BCUT2D eigenvalue weighted by Crippen LogP contribution is -2.20. The van der Waals surface area contributed by atoms with Crippen LogP contribution in [0.5, 0.6) is 5.88 Å². The number of nitrogens with zero attached hydrogens (tertiary/aromatic N) is 1. The highest BCUT2D eigenvalue weighted by Gasteiger charge is 2.33. The highest BCUT2D eigenvalue weighted by Crippen LogP contribution is 2.31. The van der Waals surface area contributed by atoms with Gasteiger partial charge in [-0.3, -0.25) is 9.52 Å². The zero-order chi connectivity index (χ0) is 24.8. The smallest absolute Gasteiger partial charge is 0.433 e. The second-order valence-electron chi connectivity index (χ2n) is 7.50. The van der Waals surface area contributed by atoms with Crippen LogP contribution < -0.4 is 14.8 Å². The summed E-state index contributed by atoms with van der Waals surface area (Å²) in [6.07, 6.45) is -0.828. The van der Waals surface area contributed by atoms with E-state index in [9.17, 15) is 26.4 Å². The molecular formula is C22H26F3N3O4S. The Bertz CT molecular complexity index is 1130. The van der Waals surface area contributed by atoms with Crippen LogP contribution >= 0.6 is 0 Å². The first kappa shape index (κ1) is 26.2. The zero-order valence-electron chi connectivity index (χ0n) is 18.7. The number of hydrogen-bond donors (Lipinski definition) is 2. The summed E-state index contributed by atoms with van der Waals surface area (Å²) in [6, 6.07) is 7.03. The molecule has 7 nitrogen and oxygen atoms in total. The van der Waals surface area contributed by atoms with Crippen molar-refractivity contribution in [2.45, 2.75) is 46.0 Å².